The molecule has 4 nitrogen and oxygen atoms in total. The minimum atomic E-state index is -1.35. The summed E-state index contributed by atoms with van der Waals surface area (Å²) >= 11 is 0. The van der Waals surface area contributed by atoms with E-state index in [9.17, 15) is 0 Å². The van der Waals surface area contributed by atoms with Gasteiger partial charge in [-0.3, -0.25) is 0 Å². The van der Waals surface area contributed by atoms with Gasteiger partial charge >= 0.3 is 0 Å². The second-order valence-corrected chi connectivity index (χ2v) is 20.7. The molecule has 0 amide bonds. The summed E-state index contributed by atoms with van der Waals surface area (Å²) < 4.78 is 6.33. The smallest absolute Gasteiger partial charge is 0.216 e. The first-order valence-electron chi connectivity index (χ1n) is 18.0. The number of fused-ring (bicyclic) bond motifs is 3. The van der Waals surface area contributed by atoms with Crippen LogP contribution in [0.2, 0.25) is 19.6 Å². The second-order valence-electron chi connectivity index (χ2n) is 15.7. The number of aryl methyl sites for hydroxylation is 1. The van der Waals surface area contributed by atoms with Crippen molar-refractivity contribution in [2.45, 2.75) is 85.4 Å². The SMILES string of the molecule is CC(C)c1ccnc(-c2[c-]ccc3c2oc2nc(C(C)(C)c4ccccc4)ccc23)c1.Cc1c[c-]c(-c2cc(C(C)C)c([Si](C)(C)C)cn2)cc1.[Ir]. The third-order valence-electron chi connectivity index (χ3n) is 9.75. The van der Waals surface area contributed by atoms with Gasteiger partial charge in [-0.25, -0.2) is 4.98 Å². The molecule has 3 aromatic carbocycles. The first-order chi connectivity index (χ1) is 24.2. The Labute approximate surface area is 324 Å². The fraction of sp³-hybridized carbons (Fsp3) is 0.283. The quantitative estimate of drug-likeness (QED) is 0.118. The van der Waals surface area contributed by atoms with E-state index in [2.05, 4.69) is 158 Å². The van der Waals surface area contributed by atoms with Crippen molar-refractivity contribution in [2.24, 2.45) is 0 Å². The Hall–Kier alpha value is -4.22. The summed E-state index contributed by atoms with van der Waals surface area (Å²) in [5.74, 6) is 0.963. The Bertz CT molecular complexity index is 2280. The van der Waals surface area contributed by atoms with Crippen LogP contribution in [0, 0.1) is 19.1 Å². The maximum absolute atomic E-state index is 6.33. The molecule has 0 aliphatic carbocycles. The maximum atomic E-state index is 6.33. The molecule has 0 unspecified atom stereocenters. The van der Waals surface area contributed by atoms with Crippen LogP contribution in [0.1, 0.15) is 81.3 Å². The third kappa shape index (κ3) is 8.20. The standard InChI is InChI=1S/C28H25N2O.C18H24NSi.Ir/c1-18(2)19-15-16-29-24(17-19)23-12-8-11-21-22-13-14-25(30-27(22)31-26(21)23)28(3,4)20-9-6-5-7-10-20;1-13(2)16-11-17(15-9-7-14(3)8-10-15)19-12-18(16)20(4,5)6;/h5-11,13-18H,1-4H3;7-9,11-13H,1-6H3;/q2*-1;. The molecule has 7 aromatic rings. The van der Waals surface area contributed by atoms with Crippen LogP contribution in [0.4, 0.5) is 0 Å². The molecule has 0 atom stereocenters. The normalized spacial score (nSPS) is 11.8. The van der Waals surface area contributed by atoms with E-state index in [1.165, 1.54) is 27.4 Å². The molecule has 269 valence electrons. The molecule has 0 saturated heterocycles. The number of pyridine rings is 3. The molecule has 7 rings (SSSR count). The zero-order chi connectivity index (χ0) is 36.5. The average molecular weight is 880 g/mol. The predicted molar refractivity (Wildman–Crippen MR) is 217 cm³/mol. The Morgan fingerprint density at radius 1 is 0.769 bits per heavy atom. The van der Waals surface area contributed by atoms with Crippen LogP contribution < -0.4 is 5.19 Å². The van der Waals surface area contributed by atoms with E-state index in [1.807, 2.05) is 30.5 Å². The number of benzene rings is 3. The summed E-state index contributed by atoms with van der Waals surface area (Å²) in [6.07, 6.45) is 3.96. The molecule has 52 heavy (non-hydrogen) atoms. The van der Waals surface area contributed by atoms with Gasteiger partial charge in [-0.15, -0.1) is 53.6 Å². The van der Waals surface area contributed by atoms with Crippen LogP contribution in [0.25, 0.3) is 44.6 Å². The van der Waals surface area contributed by atoms with Crippen LogP contribution in [-0.2, 0) is 25.5 Å². The van der Waals surface area contributed by atoms with Crippen LogP contribution in [0.5, 0.6) is 0 Å². The van der Waals surface area contributed by atoms with Crippen molar-refractivity contribution in [3.63, 3.8) is 0 Å². The summed E-state index contributed by atoms with van der Waals surface area (Å²) in [6.45, 7) is 22.5. The minimum absolute atomic E-state index is 0. The summed E-state index contributed by atoms with van der Waals surface area (Å²) in [5, 5.41) is 3.53. The molecule has 0 bridgehead atoms. The summed E-state index contributed by atoms with van der Waals surface area (Å²) in [4.78, 5) is 14.2. The molecule has 6 heteroatoms. The fourth-order valence-electron chi connectivity index (χ4n) is 6.49. The summed E-state index contributed by atoms with van der Waals surface area (Å²) in [6, 6.07) is 38.0. The Balaban J connectivity index is 0.000000217. The number of rotatable bonds is 7. The van der Waals surface area contributed by atoms with Crippen LogP contribution in [0.3, 0.4) is 0 Å². The molecular weight excluding hydrogens is 831 g/mol. The van der Waals surface area contributed by atoms with E-state index in [0.717, 1.165) is 44.6 Å². The van der Waals surface area contributed by atoms with Crippen molar-refractivity contribution in [3.05, 3.63) is 143 Å². The van der Waals surface area contributed by atoms with E-state index < -0.39 is 8.07 Å². The van der Waals surface area contributed by atoms with Crippen LogP contribution in [-0.4, -0.2) is 23.0 Å². The van der Waals surface area contributed by atoms with Gasteiger partial charge in [0.05, 0.1) is 19.4 Å². The number of hydrogen-bond acceptors (Lipinski definition) is 4. The molecule has 0 aliphatic heterocycles. The number of furan rings is 1. The van der Waals surface area contributed by atoms with Crippen molar-refractivity contribution in [1.29, 1.82) is 0 Å². The number of nitrogens with zero attached hydrogens (tertiary/aromatic N) is 3. The van der Waals surface area contributed by atoms with Crippen molar-refractivity contribution in [1.82, 2.24) is 15.0 Å². The largest absolute Gasteiger partial charge is 0.486 e. The minimum Gasteiger partial charge on any atom is -0.486 e. The molecule has 0 saturated carbocycles. The summed E-state index contributed by atoms with van der Waals surface area (Å²) in [5.41, 5.74) is 11.2. The average Bonchev–Trinajstić information content (AvgIpc) is 3.50. The van der Waals surface area contributed by atoms with Gasteiger partial charge in [-0.1, -0.05) is 133 Å². The Morgan fingerprint density at radius 3 is 2.17 bits per heavy atom. The van der Waals surface area contributed by atoms with Gasteiger partial charge < -0.3 is 14.4 Å². The number of aromatic nitrogens is 3. The monoisotopic (exact) mass is 880 g/mol. The van der Waals surface area contributed by atoms with E-state index in [1.54, 1.807) is 0 Å². The predicted octanol–water partition coefficient (Wildman–Crippen LogP) is 11.8. The van der Waals surface area contributed by atoms with E-state index in [0.29, 0.717) is 17.5 Å². The van der Waals surface area contributed by atoms with Crippen LogP contribution >= 0.6 is 0 Å². The van der Waals surface area contributed by atoms with Gasteiger partial charge in [0.25, 0.3) is 0 Å². The van der Waals surface area contributed by atoms with Gasteiger partial charge in [-0.2, -0.15) is 0 Å². The Kier molecular flexibility index (Phi) is 11.8. The zero-order valence-electron chi connectivity index (χ0n) is 32.1. The van der Waals surface area contributed by atoms with Gasteiger partial charge in [0.1, 0.15) is 0 Å². The molecule has 0 N–H and O–H groups in total. The van der Waals surface area contributed by atoms with Crippen molar-refractivity contribution >= 4 is 35.3 Å². The van der Waals surface area contributed by atoms with Gasteiger partial charge in [0, 0.05) is 43.3 Å². The van der Waals surface area contributed by atoms with Crippen LogP contribution in [0.15, 0.2) is 108 Å². The van der Waals surface area contributed by atoms with E-state index in [4.69, 9.17) is 14.4 Å². The molecule has 0 aliphatic rings. The van der Waals surface area contributed by atoms with E-state index >= 15 is 0 Å². The number of hydrogen-bond donors (Lipinski definition) is 0. The topological polar surface area (TPSA) is 51.8 Å². The van der Waals surface area contributed by atoms with E-state index in [-0.39, 0.29) is 25.5 Å². The second kappa shape index (κ2) is 15.8. The third-order valence-corrected chi connectivity index (χ3v) is 11.8. The van der Waals surface area contributed by atoms with Crippen molar-refractivity contribution in [2.75, 3.05) is 0 Å². The Morgan fingerprint density at radius 2 is 1.52 bits per heavy atom. The first kappa shape index (κ1) is 39.0. The molecule has 4 aromatic heterocycles. The maximum Gasteiger partial charge on any atom is 0.216 e. The van der Waals surface area contributed by atoms with Gasteiger partial charge in [0.2, 0.25) is 5.71 Å². The molecule has 0 spiro atoms. The fourth-order valence-corrected chi connectivity index (χ4v) is 8.17. The zero-order valence-corrected chi connectivity index (χ0v) is 35.4. The first-order valence-corrected chi connectivity index (χ1v) is 21.5. The molecular formula is C46H49IrN3OSi-2. The van der Waals surface area contributed by atoms with Crippen molar-refractivity contribution < 1.29 is 24.5 Å². The van der Waals surface area contributed by atoms with Crippen molar-refractivity contribution in [3.8, 4) is 22.5 Å². The van der Waals surface area contributed by atoms with Gasteiger partial charge in [0.15, 0.2) is 0 Å². The summed E-state index contributed by atoms with van der Waals surface area (Å²) in [7, 11) is -1.35. The molecule has 4 heterocycles. The van der Waals surface area contributed by atoms with Gasteiger partial charge in [-0.05, 0) is 52.2 Å². The molecule has 1 radical (unpaired) electrons. The molecule has 0 fully saturated rings.